The fourth-order valence-corrected chi connectivity index (χ4v) is 1.99. The van der Waals surface area contributed by atoms with Crippen LogP contribution in [-0.4, -0.2) is 21.5 Å². The molecule has 2 rings (SSSR count). The number of hydrogen-bond donors (Lipinski definition) is 0. The lowest BCUT2D eigenvalue weighted by Gasteiger charge is -2.13. The quantitative estimate of drug-likeness (QED) is 0.370. The Labute approximate surface area is 127 Å². The zero-order valence-corrected chi connectivity index (χ0v) is 11.8. The molecule has 0 spiro atoms. The second-order valence-electron chi connectivity index (χ2n) is 4.36. The predicted molar refractivity (Wildman–Crippen MR) is 70.8 cm³/mol. The fraction of sp³-hybridized carbons (Fsp3) is 0.143. The molecule has 0 bridgehead atoms. The minimum absolute atomic E-state index is 0.407. The smallest absolute Gasteiger partial charge is 0.206 e. The molecule has 0 amide bonds. The average Bonchev–Trinajstić information content (AvgIpc) is 2.49. The second-order valence-corrected chi connectivity index (χ2v) is 4.36. The van der Waals surface area contributed by atoms with Gasteiger partial charge in [-0.1, -0.05) is 0 Å². The Kier molecular flexibility index (Phi) is 4.77. The summed E-state index contributed by atoms with van der Waals surface area (Å²) in [7, 11) is 2.48. The maximum atomic E-state index is 14.1. The largest absolute Gasteiger partial charge is 0.494 e. The third-order valence-corrected chi connectivity index (χ3v) is 3.00. The highest BCUT2D eigenvalue weighted by atomic mass is 19.2. The average molecular weight is 333 g/mol. The standard InChI is InChI=1S/C14H8BF6O2/c1-22-13-6(3-5(16)4-7(13)17)15-8-9(18)11(20)12(21)14(23-2)10(8)19/h3-4H,1-2H3. The Morgan fingerprint density at radius 3 is 1.91 bits per heavy atom. The lowest BCUT2D eigenvalue weighted by molar-refractivity contribution is 0.338. The molecule has 2 aromatic rings. The summed E-state index contributed by atoms with van der Waals surface area (Å²) >= 11 is 0. The SMILES string of the molecule is COc1c(F)cc(F)cc1[B]c1c(F)c(F)c(F)c(OC)c1F. The number of hydrogen-bond acceptors (Lipinski definition) is 2. The number of ether oxygens (including phenoxy) is 2. The van der Waals surface area contributed by atoms with Crippen molar-refractivity contribution in [3.05, 3.63) is 47.0 Å². The first-order valence-electron chi connectivity index (χ1n) is 6.09. The van der Waals surface area contributed by atoms with Gasteiger partial charge in [-0.3, -0.25) is 0 Å². The van der Waals surface area contributed by atoms with Gasteiger partial charge in [-0.05, 0) is 17.0 Å². The maximum Gasteiger partial charge on any atom is 0.206 e. The van der Waals surface area contributed by atoms with Crippen LogP contribution in [0.4, 0.5) is 26.3 Å². The molecule has 121 valence electrons. The van der Waals surface area contributed by atoms with Crippen LogP contribution in [0.15, 0.2) is 12.1 Å². The van der Waals surface area contributed by atoms with Gasteiger partial charge >= 0.3 is 0 Å². The summed E-state index contributed by atoms with van der Waals surface area (Å²) in [5.41, 5.74) is -1.47. The highest BCUT2D eigenvalue weighted by molar-refractivity contribution is 6.68. The number of rotatable bonds is 4. The summed E-state index contributed by atoms with van der Waals surface area (Å²) in [6.45, 7) is 0. The van der Waals surface area contributed by atoms with Crippen LogP contribution in [0.25, 0.3) is 0 Å². The molecular weight excluding hydrogens is 325 g/mol. The first-order chi connectivity index (χ1) is 10.8. The fourth-order valence-electron chi connectivity index (χ4n) is 1.99. The molecule has 2 aromatic carbocycles. The molecule has 2 nitrogen and oxygen atoms in total. The van der Waals surface area contributed by atoms with E-state index in [1.807, 2.05) is 0 Å². The van der Waals surface area contributed by atoms with Crippen LogP contribution in [0.3, 0.4) is 0 Å². The first-order valence-corrected chi connectivity index (χ1v) is 6.09. The summed E-state index contributed by atoms with van der Waals surface area (Å²) in [6.07, 6.45) is 0. The van der Waals surface area contributed by atoms with Gasteiger partial charge in [0.15, 0.2) is 29.0 Å². The monoisotopic (exact) mass is 333 g/mol. The second kappa shape index (κ2) is 6.43. The van der Waals surface area contributed by atoms with Gasteiger partial charge in [0.2, 0.25) is 13.1 Å². The van der Waals surface area contributed by atoms with Gasteiger partial charge in [0.1, 0.15) is 11.6 Å². The van der Waals surface area contributed by atoms with Crippen molar-refractivity contribution < 1.29 is 35.8 Å². The molecule has 9 heteroatoms. The van der Waals surface area contributed by atoms with E-state index in [4.69, 9.17) is 0 Å². The van der Waals surface area contributed by atoms with Crippen LogP contribution in [0, 0.1) is 34.9 Å². The van der Waals surface area contributed by atoms with Crippen molar-refractivity contribution in [2.75, 3.05) is 14.2 Å². The molecule has 0 saturated heterocycles. The molecule has 0 saturated carbocycles. The molecule has 0 aliphatic rings. The summed E-state index contributed by atoms with van der Waals surface area (Å²) in [4.78, 5) is 0. The molecule has 0 aliphatic heterocycles. The Hall–Kier alpha value is -2.32. The summed E-state index contributed by atoms with van der Waals surface area (Å²) in [5.74, 6) is -11.1. The van der Waals surface area contributed by atoms with Crippen LogP contribution < -0.4 is 20.4 Å². The summed E-state index contributed by atoms with van der Waals surface area (Å²) in [6, 6.07) is 1.21. The number of halogens is 6. The van der Waals surface area contributed by atoms with E-state index in [9.17, 15) is 26.3 Å². The zero-order valence-electron chi connectivity index (χ0n) is 11.8. The third-order valence-electron chi connectivity index (χ3n) is 3.00. The third kappa shape index (κ3) is 2.95. The van der Waals surface area contributed by atoms with E-state index in [-0.39, 0.29) is 0 Å². The topological polar surface area (TPSA) is 18.5 Å². The Morgan fingerprint density at radius 1 is 0.739 bits per heavy atom. The normalized spacial score (nSPS) is 10.6. The van der Waals surface area contributed by atoms with Crippen LogP contribution in [0.5, 0.6) is 11.5 Å². The van der Waals surface area contributed by atoms with Crippen molar-refractivity contribution in [1.82, 2.24) is 0 Å². The highest BCUT2D eigenvalue weighted by Gasteiger charge is 2.27. The van der Waals surface area contributed by atoms with Gasteiger partial charge in [-0.2, -0.15) is 4.39 Å². The van der Waals surface area contributed by atoms with E-state index >= 15 is 0 Å². The van der Waals surface area contributed by atoms with E-state index in [0.29, 0.717) is 19.4 Å². The van der Waals surface area contributed by atoms with Gasteiger partial charge < -0.3 is 9.47 Å². The predicted octanol–water partition coefficient (Wildman–Crippen LogP) is 2.19. The lowest BCUT2D eigenvalue weighted by Crippen LogP contribution is -2.35. The van der Waals surface area contributed by atoms with E-state index in [1.54, 1.807) is 0 Å². The van der Waals surface area contributed by atoms with Crippen molar-refractivity contribution in [3.63, 3.8) is 0 Å². The maximum absolute atomic E-state index is 14.1. The van der Waals surface area contributed by atoms with Crippen LogP contribution in [-0.2, 0) is 0 Å². The molecule has 0 atom stereocenters. The Morgan fingerprint density at radius 2 is 1.35 bits per heavy atom. The van der Waals surface area contributed by atoms with Crippen molar-refractivity contribution in [2.24, 2.45) is 0 Å². The van der Waals surface area contributed by atoms with Crippen molar-refractivity contribution >= 4 is 18.2 Å². The summed E-state index contributed by atoms with van der Waals surface area (Å²) in [5, 5.41) is 0. The summed E-state index contributed by atoms with van der Waals surface area (Å²) < 4.78 is 90.6. The van der Waals surface area contributed by atoms with Crippen molar-refractivity contribution in [2.45, 2.75) is 0 Å². The van der Waals surface area contributed by atoms with Gasteiger partial charge in [-0.15, -0.1) is 0 Å². The van der Waals surface area contributed by atoms with Gasteiger partial charge in [0, 0.05) is 6.07 Å². The number of methoxy groups -OCH3 is 2. The van der Waals surface area contributed by atoms with E-state index in [0.717, 1.165) is 14.2 Å². The molecule has 0 heterocycles. The van der Waals surface area contributed by atoms with Crippen LogP contribution in [0.1, 0.15) is 0 Å². The molecule has 0 aromatic heterocycles. The van der Waals surface area contributed by atoms with Crippen molar-refractivity contribution in [1.29, 1.82) is 0 Å². The molecule has 0 fully saturated rings. The molecule has 1 radical (unpaired) electrons. The van der Waals surface area contributed by atoms with Gasteiger partial charge in [-0.25, -0.2) is 22.0 Å². The highest BCUT2D eigenvalue weighted by Crippen LogP contribution is 2.24. The number of benzene rings is 2. The Bertz CT molecular complexity index is 766. The Balaban J connectivity index is 2.64. The minimum atomic E-state index is -1.98. The van der Waals surface area contributed by atoms with Crippen LogP contribution in [0.2, 0.25) is 0 Å². The van der Waals surface area contributed by atoms with Crippen molar-refractivity contribution in [3.8, 4) is 11.5 Å². The first kappa shape index (κ1) is 17.0. The minimum Gasteiger partial charge on any atom is -0.494 e. The molecule has 23 heavy (non-hydrogen) atoms. The lowest BCUT2D eigenvalue weighted by atomic mass is 9.63. The van der Waals surface area contributed by atoms with Gasteiger partial charge in [0.05, 0.1) is 14.2 Å². The van der Waals surface area contributed by atoms with E-state index in [1.165, 1.54) is 0 Å². The van der Waals surface area contributed by atoms with Gasteiger partial charge in [0.25, 0.3) is 0 Å². The zero-order chi connectivity index (χ0) is 17.3. The van der Waals surface area contributed by atoms with E-state index < -0.39 is 57.3 Å². The molecular formula is C14H8BF6O2. The van der Waals surface area contributed by atoms with Crippen LogP contribution >= 0.6 is 0 Å². The molecule has 0 unspecified atom stereocenters. The van der Waals surface area contributed by atoms with E-state index in [2.05, 4.69) is 9.47 Å². The molecule has 0 aliphatic carbocycles. The molecule has 0 N–H and O–H groups in total.